The number of nitrogens with one attached hydrogen (secondary N) is 2. The molecule has 0 aliphatic rings. The minimum Gasteiger partial charge on any atom is -0.408 e. The van der Waals surface area contributed by atoms with Crippen LogP contribution in [0.3, 0.4) is 0 Å². The lowest BCUT2D eigenvalue weighted by Gasteiger charge is -2.19. The number of anilines is 1. The van der Waals surface area contributed by atoms with Crippen LogP contribution in [0.1, 0.15) is 31.9 Å². The van der Waals surface area contributed by atoms with Gasteiger partial charge >= 0.3 is 5.76 Å². The first kappa shape index (κ1) is 23.3. The molecule has 2 N–H and O–H groups in total. The number of aromatic nitrogens is 1. The molecule has 8 heteroatoms. The molecule has 0 saturated heterocycles. The van der Waals surface area contributed by atoms with Crippen LogP contribution in [0.25, 0.3) is 11.1 Å². The van der Waals surface area contributed by atoms with Crippen molar-refractivity contribution in [3.05, 3.63) is 64.6 Å². The van der Waals surface area contributed by atoms with Gasteiger partial charge in [0.1, 0.15) is 6.04 Å². The van der Waals surface area contributed by atoms with E-state index >= 15 is 0 Å². The van der Waals surface area contributed by atoms with Gasteiger partial charge in [0.25, 0.3) is 5.91 Å². The molecule has 0 radical (unpaired) electrons. The summed E-state index contributed by atoms with van der Waals surface area (Å²) in [5, 5.41) is 5.71. The Morgan fingerprint density at radius 1 is 1.09 bits per heavy atom. The predicted octanol–water partition coefficient (Wildman–Crippen LogP) is 3.00. The molecule has 1 atom stereocenters. The lowest BCUT2D eigenvalue weighted by Crippen LogP contribution is -2.37. The second-order valence-corrected chi connectivity index (χ2v) is 8.50. The van der Waals surface area contributed by atoms with Crippen LogP contribution < -0.4 is 16.4 Å². The molecule has 0 saturated carbocycles. The van der Waals surface area contributed by atoms with Crippen molar-refractivity contribution in [2.75, 3.05) is 26.0 Å². The van der Waals surface area contributed by atoms with Gasteiger partial charge in [0, 0.05) is 25.2 Å². The number of oxazole rings is 1. The highest BCUT2D eigenvalue weighted by molar-refractivity contribution is 5.99. The largest absolute Gasteiger partial charge is 0.419 e. The lowest BCUT2D eigenvalue weighted by atomic mass is 10.0. The van der Waals surface area contributed by atoms with Gasteiger partial charge in [0.05, 0.1) is 5.52 Å². The summed E-state index contributed by atoms with van der Waals surface area (Å²) in [5.41, 5.74) is 2.27. The van der Waals surface area contributed by atoms with Gasteiger partial charge in [-0.2, -0.15) is 0 Å². The monoisotopic (exact) mass is 438 g/mol. The smallest absolute Gasteiger partial charge is 0.408 e. The number of benzene rings is 2. The Hall–Kier alpha value is -3.39. The molecule has 32 heavy (non-hydrogen) atoms. The maximum Gasteiger partial charge on any atom is 0.419 e. The molecule has 3 aromatic rings. The average molecular weight is 439 g/mol. The van der Waals surface area contributed by atoms with Gasteiger partial charge in [-0.25, -0.2) is 4.79 Å². The molecule has 8 nitrogen and oxygen atoms in total. The topological polar surface area (TPSA) is 96.6 Å². The quantitative estimate of drug-likeness (QED) is 0.535. The van der Waals surface area contributed by atoms with Crippen molar-refractivity contribution in [1.82, 2.24) is 14.8 Å². The molecule has 0 bridgehead atoms. The molecule has 1 aromatic heterocycles. The van der Waals surface area contributed by atoms with E-state index in [0.29, 0.717) is 41.9 Å². The highest BCUT2D eigenvalue weighted by atomic mass is 16.4. The summed E-state index contributed by atoms with van der Waals surface area (Å²) < 4.78 is 6.86. The van der Waals surface area contributed by atoms with Crippen molar-refractivity contribution in [2.24, 2.45) is 5.92 Å². The molecule has 0 aliphatic carbocycles. The van der Waals surface area contributed by atoms with E-state index in [1.807, 2.05) is 51.0 Å². The molecule has 2 amide bonds. The van der Waals surface area contributed by atoms with E-state index in [4.69, 9.17) is 4.42 Å². The third-order valence-corrected chi connectivity index (χ3v) is 5.00. The number of amides is 2. The molecule has 170 valence electrons. The van der Waals surface area contributed by atoms with E-state index in [9.17, 15) is 14.4 Å². The fourth-order valence-corrected chi connectivity index (χ4v) is 3.40. The van der Waals surface area contributed by atoms with Crippen molar-refractivity contribution >= 4 is 28.6 Å². The third-order valence-electron chi connectivity index (χ3n) is 5.00. The minimum absolute atomic E-state index is 0.178. The lowest BCUT2D eigenvalue weighted by molar-refractivity contribution is -0.127. The molecule has 3 rings (SSSR count). The zero-order valence-electron chi connectivity index (χ0n) is 18.9. The van der Waals surface area contributed by atoms with Gasteiger partial charge in [-0.3, -0.25) is 14.2 Å². The first-order valence-corrected chi connectivity index (χ1v) is 10.7. The van der Waals surface area contributed by atoms with Crippen molar-refractivity contribution in [3.63, 3.8) is 0 Å². The SMILES string of the molecule is CC(C)CC(=O)NC(C(=O)Nc1ccc2oc(=O)n(CCN(C)C)c2c1)c1ccccc1. The van der Waals surface area contributed by atoms with Gasteiger partial charge in [0.15, 0.2) is 5.58 Å². The highest BCUT2D eigenvalue weighted by Crippen LogP contribution is 2.21. The van der Waals surface area contributed by atoms with Crippen LogP contribution in [0.5, 0.6) is 0 Å². The molecular formula is C24H30N4O4. The number of nitrogens with zero attached hydrogens (tertiary/aromatic N) is 2. The van der Waals surface area contributed by atoms with E-state index < -0.39 is 11.8 Å². The molecule has 2 aromatic carbocycles. The first-order chi connectivity index (χ1) is 15.2. The number of hydrogen-bond acceptors (Lipinski definition) is 5. The van der Waals surface area contributed by atoms with E-state index in [1.165, 1.54) is 0 Å². The maximum absolute atomic E-state index is 13.2. The summed E-state index contributed by atoms with van der Waals surface area (Å²) in [5.74, 6) is -0.810. The van der Waals surface area contributed by atoms with Gasteiger partial charge in [-0.15, -0.1) is 0 Å². The number of carbonyl (C=O) groups excluding carboxylic acids is 2. The van der Waals surface area contributed by atoms with Crippen LogP contribution >= 0.6 is 0 Å². The summed E-state index contributed by atoms with van der Waals surface area (Å²) in [6.45, 7) is 5.04. The van der Waals surface area contributed by atoms with Crippen LogP contribution in [-0.4, -0.2) is 41.9 Å². The Labute approximate surface area is 187 Å². The Kier molecular flexibility index (Phi) is 7.48. The summed E-state index contributed by atoms with van der Waals surface area (Å²) in [7, 11) is 3.85. The second-order valence-electron chi connectivity index (χ2n) is 8.50. The van der Waals surface area contributed by atoms with Crippen molar-refractivity contribution in [3.8, 4) is 0 Å². The van der Waals surface area contributed by atoms with Crippen molar-refractivity contribution < 1.29 is 14.0 Å². The Morgan fingerprint density at radius 2 is 1.81 bits per heavy atom. The van der Waals surface area contributed by atoms with Gasteiger partial charge in [-0.05, 0) is 43.8 Å². The number of likely N-dealkylation sites (N-methyl/N-ethyl adjacent to an activating group) is 1. The second kappa shape index (κ2) is 10.3. The van der Waals surface area contributed by atoms with Crippen LogP contribution in [0.2, 0.25) is 0 Å². The van der Waals surface area contributed by atoms with E-state index in [2.05, 4.69) is 10.6 Å². The van der Waals surface area contributed by atoms with Crippen LogP contribution in [0.4, 0.5) is 5.69 Å². The Bertz CT molecular complexity index is 1130. The number of fused-ring (bicyclic) bond motifs is 1. The summed E-state index contributed by atoms with van der Waals surface area (Å²) in [6, 6.07) is 13.3. The fraction of sp³-hybridized carbons (Fsp3) is 0.375. The van der Waals surface area contributed by atoms with Gasteiger partial charge in [0.2, 0.25) is 5.91 Å². The Morgan fingerprint density at radius 3 is 2.47 bits per heavy atom. The average Bonchev–Trinajstić information content (AvgIpc) is 3.04. The predicted molar refractivity (Wildman–Crippen MR) is 124 cm³/mol. The molecule has 1 unspecified atom stereocenters. The van der Waals surface area contributed by atoms with Gasteiger partial charge in [-0.1, -0.05) is 44.2 Å². The number of rotatable bonds is 9. The molecule has 1 heterocycles. The van der Waals surface area contributed by atoms with Crippen LogP contribution in [0.15, 0.2) is 57.7 Å². The van der Waals surface area contributed by atoms with Crippen molar-refractivity contribution in [2.45, 2.75) is 32.9 Å². The molecule has 0 fully saturated rings. The van der Waals surface area contributed by atoms with E-state index in [0.717, 1.165) is 0 Å². The van der Waals surface area contributed by atoms with E-state index in [1.54, 1.807) is 34.9 Å². The standard InChI is InChI=1S/C24H30N4O4/c1-16(2)14-21(29)26-22(17-8-6-5-7-9-17)23(30)25-18-10-11-20-19(15-18)28(24(31)32-20)13-12-27(3)4/h5-11,15-16,22H,12-14H2,1-4H3,(H,25,30)(H,26,29). The summed E-state index contributed by atoms with van der Waals surface area (Å²) in [6.07, 6.45) is 0.329. The maximum atomic E-state index is 13.2. The molecule has 0 spiro atoms. The molecule has 0 aliphatic heterocycles. The first-order valence-electron chi connectivity index (χ1n) is 10.7. The fourth-order valence-electron chi connectivity index (χ4n) is 3.40. The van der Waals surface area contributed by atoms with Gasteiger partial charge < -0.3 is 20.0 Å². The van der Waals surface area contributed by atoms with Crippen molar-refractivity contribution in [1.29, 1.82) is 0 Å². The third kappa shape index (κ3) is 5.85. The number of carbonyl (C=O) groups is 2. The number of hydrogen-bond donors (Lipinski definition) is 2. The zero-order valence-corrected chi connectivity index (χ0v) is 18.9. The summed E-state index contributed by atoms with van der Waals surface area (Å²) >= 11 is 0. The highest BCUT2D eigenvalue weighted by Gasteiger charge is 2.23. The van der Waals surface area contributed by atoms with Crippen LogP contribution in [0, 0.1) is 5.92 Å². The molecular weight excluding hydrogens is 408 g/mol. The minimum atomic E-state index is -0.835. The van der Waals surface area contributed by atoms with E-state index in [-0.39, 0.29) is 17.7 Å². The normalized spacial score (nSPS) is 12.3. The van der Waals surface area contributed by atoms with Crippen LogP contribution in [-0.2, 0) is 16.1 Å². The summed E-state index contributed by atoms with van der Waals surface area (Å²) in [4.78, 5) is 39.8. The Balaban J connectivity index is 1.85. The zero-order chi connectivity index (χ0) is 23.3.